The lowest BCUT2D eigenvalue weighted by Crippen LogP contribution is -2.65. The van der Waals surface area contributed by atoms with Gasteiger partial charge in [-0.15, -0.1) is 0 Å². The van der Waals surface area contributed by atoms with Crippen LogP contribution in [0.1, 0.15) is 23.3 Å². The zero-order valence-corrected chi connectivity index (χ0v) is 14.2. The smallest absolute Gasteiger partial charge is 0.269 e. The van der Waals surface area contributed by atoms with E-state index in [4.69, 9.17) is 4.74 Å². The van der Waals surface area contributed by atoms with Crippen LogP contribution in [0.3, 0.4) is 0 Å². The molecule has 0 radical (unpaired) electrons. The highest BCUT2D eigenvalue weighted by Gasteiger charge is 2.55. The quantitative estimate of drug-likeness (QED) is 0.785. The van der Waals surface area contributed by atoms with E-state index >= 15 is 0 Å². The van der Waals surface area contributed by atoms with E-state index in [9.17, 15) is 13.2 Å². The maximum atomic E-state index is 12.0. The van der Waals surface area contributed by atoms with Gasteiger partial charge in [-0.05, 0) is 24.8 Å². The first-order valence-corrected chi connectivity index (χ1v) is 9.52. The Hall–Kier alpha value is -1.45. The zero-order valence-electron chi connectivity index (χ0n) is 13.4. The van der Waals surface area contributed by atoms with Crippen molar-refractivity contribution in [1.29, 1.82) is 0 Å². The number of aromatic nitrogens is 2. The molecule has 1 aromatic heterocycles. The van der Waals surface area contributed by atoms with Crippen LogP contribution < -0.4 is 5.32 Å². The molecule has 2 saturated heterocycles. The van der Waals surface area contributed by atoms with Gasteiger partial charge in [0.1, 0.15) is 5.69 Å². The number of rotatable bonds is 5. The minimum absolute atomic E-state index is 0.149. The molecule has 0 saturated carbocycles. The maximum Gasteiger partial charge on any atom is 0.269 e. The second-order valence-electron chi connectivity index (χ2n) is 6.31. The van der Waals surface area contributed by atoms with E-state index in [2.05, 4.69) is 10.4 Å². The highest BCUT2D eigenvalue weighted by molar-refractivity contribution is 7.88. The standard InChI is InChI=1S/C14H22N4O4S/c1-17-12(4-7-16-17)13(19)15-6-3-11-5-8-22-14(11)9-18(10-14)23(2,20)21/h4,7,11H,3,5-6,8-10H2,1-2H3,(H,15,19)/t11-/m0/s1. The van der Waals surface area contributed by atoms with Crippen LogP contribution in [0.15, 0.2) is 12.3 Å². The van der Waals surface area contributed by atoms with Gasteiger partial charge >= 0.3 is 0 Å². The molecule has 1 spiro atoms. The number of aryl methyl sites for hydroxylation is 1. The van der Waals surface area contributed by atoms with E-state index in [1.54, 1.807) is 19.3 Å². The SMILES string of the molecule is Cn1nccc1C(=O)NCC[C@H]1CCOC12CN(S(C)(=O)=O)C2. The van der Waals surface area contributed by atoms with Crippen molar-refractivity contribution in [2.45, 2.75) is 18.4 Å². The fourth-order valence-corrected chi connectivity index (χ4v) is 4.28. The number of carbonyl (C=O) groups is 1. The number of amides is 1. The van der Waals surface area contributed by atoms with Crippen LogP contribution in [0.5, 0.6) is 0 Å². The molecule has 1 amide bonds. The predicted octanol–water partition coefficient (Wildman–Crippen LogP) is -0.409. The number of hydrogen-bond acceptors (Lipinski definition) is 5. The molecule has 8 nitrogen and oxygen atoms in total. The van der Waals surface area contributed by atoms with Crippen molar-refractivity contribution in [3.05, 3.63) is 18.0 Å². The molecule has 0 bridgehead atoms. The topological polar surface area (TPSA) is 93.5 Å². The number of sulfonamides is 1. The van der Waals surface area contributed by atoms with Crippen LogP contribution in [-0.4, -0.2) is 66.5 Å². The van der Waals surface area contributed by atoms with Crippen molar-refractivity contribution in [2.75, 3.05) is 32.5 Å². The summed E-state index contributed by atoms with van der Waals surface area (Å²) in [5.74, 6) is 0.122. The fraction of sp³-hybridized carbons (Fsp3) is 0.714. The second-order valence-corrected chi connectivity index (χ2v) is 8.30. The van der Waals surface area contributed by atoms with Crippen LogP contribution in [0.2, 0.25) is 0 Å². The summed E-state index contributed by atoms with van der Waals surface area (Å²) in [5.41, 5.74) is 0.162. The molecule has 2 fully saturated rings. The first-order chi connectivity index (χ1) is 10.8. The van der Waals surface area contributed by atoms with Crippen molar-refractivity contribution >= 4 is 15.9 Å². The average molecular weight is 342 g/mol. The third-order valence-electron chi connectivity index (χ3n) is 4.79. The highest BCUT2D eigenvalue weighted by atomic mass is 32.2. The monoisotopic (exact) mass is 342 g/mol. The summed E-state index contributed by atoms with van der Waals surface area (Å²) in [6.45, 7) is 2.04. The Labute approximate surface area is 135 Å². The molecule has 0 unspecified atom stereocenters. The Balaban J connectivity index is 1.51. The summed E-state index contributed by atoms with van der Waals surface area (Å²) in [6.07, 6.45) is 4.49. The number of nitrogens with zero attached hydrogens (tertiary/aromatic N) is 3. The highest BCUT2D eigenvalue weighted by Crippen LogP contribution is 2.42. The molecule has 23 heavy (non-hydrogen) atoms. The number of nitrogens with one attached hydrogen (secondary N) is 1. The van der Waals surface area contributed by atoms with Crippen molar-refractivity contribution in [2.24, 2.45) is 13.0 Å². The molecule has 1 atom stereocenters. The van der Waals surface area contributed by atoms with Gasteiger partial charge in [-0.3, -0.25) is 9.48 Å². The minimum atomic E-state index is -3.15. The molecule has 2 aliphatic rings. The third kappa shape index (κ3) is 3.13. The van der Waals surface area contributed by atoms with Gasteiger partial charge in [0.15, 0.2) is 0 Å². The van der Waals surface area contributed by atoms with E-state index in [1.165, 1.54) is 15.2 Å². The fourth-order valence-electron chi connectivity index (χ4n) is 3.37. The molecule has 3 rings (SSSR count). The Bertz CT molecular complexity index is 693. The molecule has 2 aliphatic heterocycles. The molecule has 0 aliphatic carbocycles. The second kappa shape index (κ2) is 5.88. The number of hydrogen-bond donors (Lipinski definition) is 1. The summed E-state index contributed by atoms with van der Waals surface area (Å²) in [6, 6.07) is 1.67. The van der Waals surface area contributed by atoms with Gasteiger partial charge in [0.05, 0.1) is 11.9 Å². The Morgan fingerprint density at radius 1 is 1.52 bits per heavy atom. The molecule has 128 valence electrons. The Kier molecular flexibility index (Phi) is 4.19. The molecule has 0 aromatic carbocycles. The number of carbonyl (C=O) groups excluding carboxylic acids is 1. The molecular formula is C14H22N4O4S. The predicted molar refractivity (Wildman–Crippen MR) is 83.4 cm³/mol. The van der Waals surface area contributed by atoms with Crippen molar-refractivity contribution in [3.63, 3.8) is 0 Å². The molecule has 3 heterocycles. The lowest BCUT2D eigenvalue weighted by atomic mass is 9.80. The summed E-state index contributed by atoms with van der Waals surface area (Å²) in [7, 11) is -1.42. The number of ether oxygens (including phenoxy) is 1. The van der Waals surface area contributed by atoms with Gasteiger partial charge < -0.3 is 10.1 Å². The molecule has 1 aromatic rings. The molecule has 9 heteroatoms. The Morgan fingerprint density at radius 3 is 2.87 bits per heavy atom. The van der Waals surface area contributed by atoms with E-state index < -0.39 is 10.0 Å². The zero-order chi connectivity index (χ0) is 16.7. The Morgan fingerprint density at radius 2 is 2.26 bits per heavy atom. The van der Waals surface area contributed by atoms with Gasteiger partial charge in [-0.25, -0.2) is 8.42 Å². The van der Waals surface area contributed by atoms with Gasteiger partial charge in [0.25, 0.3) is 5.91 Å². The normalized spacial score (nSPS) is 23.8. The van der Waals surface area contributed by atoms with Crippen LogP contribution in [0.4, 0.5) is 0 Å². The summed E-state index contributed by atoms with van der Waals surface area (Å²) in [4.78, 5) is 12.0. The lowest BCUT2D eigenvalue weighted by molar-refractivity contribution is -0.102. The van der Waals surface area contributed by atoms with Gasteiger partial charge in [-0.1, -0.05) is 0 Å². The van der Waals surface area contributed by atoms with Crippen molar-refractivity contribution < 1.29 is 17.9 Å². The first kappa shape index (κ1) is 16.4. The van der Waals surface area contributed by atoms with Crippen LogP contribution >= 0.6 is 0 Å². The lowest BCUT2D eigenvalue weighted by Gasteiger charge is -2.48. The maximum absolute atomic E-state index is 12.0. The summed E-state index contributed by atoms with van der Waals surface area (Å²) < 4.78 is 31.9. The van der Waals surface area contributed by atoms with Gasteiger partial charge in [0, 0.05) is 39.5 Å². The first-order valence-electron chi connectivity index (χ1n) is 7.67. The van der Waals surface area contributed by atoms with E-state index in [-0.39, 0.29) is 17.4 Å². The van der Waals surface area contributed by atoms with Gasteiger partial charge in [-0.2, -0.15) is 9.40 Å². The third-order valence-corrected chi connectivity index (χ3v) is 5.98. The summed E-state index contributed by atoms with van der Waals surface area (Å²) in [5, 5.41) is 6.87. The summed E-state index contributed by atoms with van der Waals surface area (Å²) >= 11 is 0. The minimum Gasteiger partial charge on any atom is -0.372 e. The van der Waals surface area contributed by atoms with Crippen LogP contribution in [0, 0.1) is 5.92 Å². The van der Waals surface area contributed by atoms with Gasteiger partial charge in [0.2, 0.25) is 10.0 Å². The van der Waals surface area contributed by atoms with Crippen molar-refractivity contribution in [1.82, 2.24) is 19.4 Å². The van der Waals surface area contributed by atoms with E-state index in [1.807, 2.05) is 0 Å². The van der Waals surface area contributed by atoms with Crippen LogP contribution in [0.25, 0.3) is 0 Å². The van der Waals surface area contributed by atoms with Crippen LogP contribution in [-0.2, 0) is 21.8 Å². The molecule has 1 N–H and O–H groups in total. The van der Waals surface area contributed by atoms with Crippen molar-refractivity contribution in [3.8, 4) is 0 Å². The van der Waals surface area contributed by atoms with E-state index in [0.717, 1.165) is 12.8 Å². The average Bonchev–Trinajstić information content (AvgIpc) is 3.01. The molecular weight excluding hydrogens is 320 g/mol. The van der Waals surface area contributed by atoms with E-state index in [0.29, 0.717) is 31.9 Å². The largest absolute Gasteiger partial charge is 0.372 e.